The molecule has 1 heterocycles. The molecule has 2 amide bonds. The predicted molar refractivity (Wildman–Crippen MR) is 101 cm³/mol. The minimum absolute atomic E-state index is 0.0910. The van der Waals surface area contributed by atoms with E-state index in [1.807, 2.05) is 12.2 Å². The lowest BCUT2D eigenvalue weighted by molar-refractivity contribution is -0.383. The molecule has 2 fully saturated rings. The molecule has 1 aliphatic heterocycles. The first-order valence-corrected chi connectivity index (χ1v) is 9.64. The van der Waals surface area contributed by atoms with E-state index in [4.69, 9.17) is 0 Å². The molecular formula is C20H23N3O4. The molecule has 27 heavy (non-hydrogen) atoms. The van der Waals surface area contributed by atoms with Crippen LogP contribution in [0.4, 0.5) is 17.1 Å². The van der Waals surface area contributed by atoms with Crippen LogP contribution < -0.4 is 10.2 Å². The fourth-order valence-corrected chi connectivity index (χ4v) is 4.45. The van der Waals surface area contributed by atoms with Crippen LogP contribution in [-0.2, 0) is 9.59 Å². The van der Waals surface area contributed by atoms with E-state index < -0.39 is 4.92 Å². The van der Waals surface area contributed by atoms with Crippen LogP contribution in [0, 0.1) is 22.0 Å². The van der Waals surface area contributed by atoms with Crippen LogP contribution in [0.1, 0.15) is 44.9 Å². The summed E-state index contributed by atoms with van der Waals surface area (Å²) in [5, 5.41) is 14.9. The average Bonchev–Trinajstić information content (AvgIpc) is 2.94. The smallest absolute Gasteiger partial charge is 0.294 e. The number of nitrogens with zero attached hydrogens (tertiary/aromatic N) is 2. The number of nitro benzene ring substituents is 1. The predicted octanol–water partition coefficient (Wildman–Crippen LogP) is 3.80. The summed E-state index contributed by atoms with van der Waals surface area (Å²) in [6.45, 7) is 0. The number of rotatable bonds is 4. The van der Waals surface area contributed by atoms with Crippen molar-refractivity contribution in [2.75, 3.05) is 10.2 Å². The van der Waals surface area contributed by atoms with Crippen molar-refractivity contribution in [2.45, 2.75) is 51.0 Å². The number of hydrogen-bond donors (Lipinski definition) is 1. The number of hydrogen-bond acceptors (Lipinski definition) is 5. The number of allylic oxidation sites excluding steroid dienone is 2. The lowest BCUT2D eigenvalue weighted by Crippen LogP contribution is -2.31. The van der Waals surface area contributed by atoms with E-state index in [0.29, 0.717) is 24.2 Å². The van der Waals surface area contributed by atoms with Gasteiger partial charge >= 0.3 is 0 Å². The fourth-order valence-electron chi connectivity index (χ4n) is 4.45. The highest BCUT2D eigenvalue weighted by molar-refractivity contribution is 6.22. The Balaban J connectivity index is 1.62. The van der Waals surface area contributed by atoms with Crippen molar-refractivity contribution in [3.63, 3.8) is 0 Å². The molecule has 1 saturated carbocycles. The number of fused-ring (bicyclic) bond motifs is 1. The van der Waals surface area contributed by atoms with Gasteiger partial charge in [-0.15, -0.1) is 0 Å². The number of carbonyl (C=O) groups is 2. The summed E-state index contributed by atoms with van der Waals surface area (Å²) in [7, 11) is 0. The van der Waals surface area contributed by atoms with E-state index in [2.05, 4.69) is 5.32 Å². The molecule has 1 saturated heterocycles. The molecule has 3 aliphatic rings. The molecule has 0 bridgehead atoms. The molecule has 142 valence electrons. The van der Waals surface area contributed by atoms with E-state index in [1.54, 1.807) is 12.1 Å². The van der Waals surface area contributed by atoms with Crippen LogP contribution in [0.3, 0.4) is 0 Å². The van der Waals surface area contributed by atoms with Gasteiger partial charge in [0.25, 0.3) is 5.69 Å². The molecule has 1 N–H and O–H groups in total. The number of amides is 2. The Kier molecular flexibility index (Phi) is 4.68. The molecular weight excluding hydrogens is 346 g/mol. The first kappa shape index (κ1) is 17.7. The zero-order valence-electron chi connectivity index (χ0n) is 15.1. The van der Waals surface area contributed by atoms with Crippen LogP contribution in [0.2, 0.25) is 0 Å². The summed E-state index contributed by atoms with van der Waals surface area (Å²) in [5.74, 6) is -1.20. The van der Waals surface area contributed by atoms with E-state index in [1.165, 1.54) is 12.5 Å². The molecule has 4 rings (SSSR count). The molecule has 2 aliphatic carbocycles. The minimum Gasteiger partial charge on any atom is -0.377 e. The Labute approximate surface area is 157 Å². The Morgan fingerprint density at radius 2 is 1.63 bits per heavy atom. The molecule has 0 aromatic heterocycles. The number of nitro groups is 1. The van der Waals surface area contributed by atoms with Crippen LogP contribution >= 0.6 is 0 Å². The Morgan fingerprint density at radius 1 is 1.00 bits per heavy atom. The minimum atomic E-state index is -0.450. The van der Waals surface area contributed by atoms with Crippen molar-refractivity contribution in [2.24, 2.45) is 11.8 Å². The molecule has 0 unspecified atom stereocenters. The average molecular weight is 369 g/mol. The van der Waals surface area contributed by atoms with Gasteiger partial charge in [0.1, 0.15) is 5.69 Å². The van der Waals surface area contributed by atoms with Gasteiger partial charge in [-0.05, 0) is 37.8 Å². The third-order valence-corrected chi connectivity index (χ3v) is 5.91. The fraction of sp³-hybridized carbons (Fsp3) is 0.500. The quantitative estimate of drug-likeness (QED) is 0.377. The van der Waals surface area contributed by atoms with Gasteiger partial charge in [-0.1, -0.05) is 31.4 Å². The lowest BCUT2D eigenvalue weighted by atomic mass is 9.85. The Morgan fingerprint density at radius 3 is 2.22 bits per heavy atom. The van der Waals surface area contributed by atoms with Crippen molar-refractivity contribution in [3.05, 3.63) is 40.5 Å². The Bertz CT molecular complexity index is 787. The topological polar surface area (TPSA) is 92.6 Å². The summed E-state index contributed by atoms with van der Waals surface area (Å²) < 4.78 is 0. The normalized spacial score (nSPS) is 25.6. The van der Waals surface area contributed by atoms with Gasteiger partial charge < -0.3 is 5.32 Å². The number of nitrogens with one attached hydrogen (secondary N) is 1. The second kappa shape index (κ2) is 7.13. The molecule has 7 nitrogen and oxygen atoms in total. The number of carbonyl (C=O) groups excluding carboxylic acids is 2. The van der Waals surface area contributed by atoms with E-state index in [-0.39, 0.29) is 35.4 Å². The maximum absolute atomic E-state index is 12.7. The number of benzene rings is 1. The SMILES string of the molecule is O=C1[C@@H]2CC=CC[C@H]2C(=O)N1c1ccc(NC2CCCCC2)c([N+](=O)[O-])c1. The van der Waals surface area contributed by atoms with Gasteiger partial charge in [0.15, 0.2) is 0 Å². The first-order valence-electron chi connectivity index (χ1n) is 9.64. The largest absolute Gasteiger partial charge is 0.377 e. The highest BCUT2D eigenvalue weighted by atomic mass is 16.6. The maximum Gasteiger partial charge on any atom is 0.294 e. The zero-order valence-corrected chi connectivity index (χ0v) is 15.1. The molecule has 7 heteroatoms. The molecule has 1 aromatic carbocycles. The van der Waals surface area contributed by atoms with E-state index in [0.717, 1.165) is 30.6 Å². The standard InChI is InChI=1S/C20H23N3O4/c24-19-15-8-4-5-9-16(15)20(25)22(19)14-10-11-17(18(12-14)23(26)27)21-13-6-2-1-3-7-13/h4-5,10-13,15-16,21H,1-3,6-9H2/t15-,16-/m1/s1. The summed E-state index contributed by atoms with van der Waals surface area (Å²) in [4.78, 5) is 37.7. The third-order valence-electron chi connectivity index (χ3n) is 5.91. The summed E-state index contributed by atoms with van der Waals surface area (Å²) in [5.41, 5.74) is 0.654. The maximum atomic E-state index is 12.7. The summed E-state index contributed by atoms with van der Waals surface area (Å²) in [6.07, 6.45) is 10.4. The zero-order chi connectivity index (χ0) is 19.0. The van der Waals surface area contributed by atoms with Crippen LogP contribution in [0.5, 0.6) is 0 Å². The van der Waals surface area contributed by atoms with Gasteiger partial charge in [-0.2, -0.15) is 0 Å². The van der Waals surface area contributed by atoms with Crippen LogP contribution in [0.25, 0.3) is 0 Å². The van der Waals surface area contributed by atoms with E-state index in [9.17, 15) is 19.7 Å². The second-order valence-corrected chi connectivity index (χ2v) is 7.61. The second-order valence-electron chi connectivity index (χ2n) is 7.61. The number of anilines is 2. The van der Waals surface area contributed by atoms with Gasteiger partial charge in [-0.25, -0.2) is 4.90 Å². The summed E-state index contributed by atoms with van der Waals surface area (Å²) in [6, 6.07) is 4.85. The number of imide groups is 1. The highest BCUT2D eigenvalue weighted by Gasteiger charge is 2.48. The van der Waals surface area contributed by atoms with Crippen LogP contribution in [-0.4, -0.2) is 22.8 Å². The Hall–Kier alpha value is -2.70. The third kappa shape index (κ3) is 3.22. The van der Waals surface area contributed by atoms with Gasteiger partial charge in [-0.3, -0.25) is 19.7 Å². The van der Waals surface area contributed by atoms with Crippen molar-refractivity contribution < 1.29 is 14.5 Å². The van der Waals surface area contributed by atoms with Crippen molar-refractivity contribution in [1.29, 1.82) is 0 Å². The highest BCUT2D eigenvalue weighted by Crippen LogP contribution is 2.40. The van der Waals surface area contributed by atoms with Crippen molar-refractivity contribution in [3.8, 4) is 0 Å². The summed E-state index contributed by atoms with van der Waals surface area (Å²) >= 11 is 0. The van der Waals surface area contributed by atoms with Crippen molar-refractivity contribution in [1.82, 2.24) is 0 Å². The molecule has 0 spiro atoms. The van der Waals surface area contributed by atoms with Gasteiger partial charge in [0.05, 0.1) is 22.4 Å². The lowest BCUT2D eigenvalue weighted by Gasteiger charge is -2.24. The monoisotopic (exact) mass is 369 g/mol. The van der Waals surface area contributed by atoms with Crippen LogP contribution in [0.15, 0.2) is 30.4 Å². The molecule has 1 aromatic rings. The van der Waals surface area contributed by atoms with Crippen molar-refractivity contribution >= 4 is 28.9 Å². The van der Waals surface area contributed by atoms with E-state index >= 15 is 0 Å². The first-order chi connectivity index (χ1) is 13.1. The van der Waals surface area contributed by atoms with Gasteiger partial charge in [0, 0.05) is 12.1 Å². The van der Waals surface area contributed by atoms with Gasteiger partial charge in [0.2, 0.25) is 11.8 Å². The molecule has 2 atom stereocenters. The molecule has 0 radical (unpaired) electrons.